The van der Waals surface area contributed by atoms with Gasteiger partial charge in [-0.05, 0) is 93.6 Å². The molecule has 3 aromatic rings. The number of rotatable bonds is 6. The quantitative estimate of drug-likeness (QED) is 0.180. The van der Waals surface area contributed by atoms with Crippen LogP contribution >= 0.6 is 45.2 Å². The molecule has 1 heterocycles. The van der Waals surface area contributed by atoms with Gasteiger partial charge in [0, 0.05) is 31.9 Å². The van der Waals surface area contributed by atoms with Crippen molar-refractivity contribution in [3.63, 3.8) is 0 Å². The Bertz CT molecular complexity index is 1250. The minimum absolute atomic E-state index is 0.151. The molecule has 1 fully saturated rings. The molecule has 7 heteroatoms. The Balaban J connectivity index is 1.43. The van der Waals surface area contributed by atoms with Crippen LogP contribution in [0.1, 0.15) is 16.7 Å². The van der Waals surface area contributed by atoms with Crippen molar-refractivity contribution in [1.82, 2.24) is 4.90 Å². The summed E-state index contributed by atoms with van der Waals surface area (Å²) in [5, 5.41) is 9.74. The number of carbonyl (C=O) groups excluding carboxylic acids is 1. The lowest BCUT2D eigenvalue weighted by Gasteiger charge is -2.36. The first-order chi connectivity index (χ1) is 16.9. The van der Waals surface area contributed by atoms with E-state index in [2.05, 4.69) is 87.3 Å². The molecule has 0 unspecified atom stereocenters. The number of halogens is 2. The standard InChI is InChI=1S/C28H25I2N3O2/c1-20-6-5-7-21(14-20)19-35-27-25(29)16-22(17-26(27)30)15-23(18-31)28(34)33-12-10-32(11-13-33)24-8-3-2-4-9-24/h2-9,14-17H,10-13,19H2,1H3/b23-15-. The lowest BCUT2D eigenvalue weighted by Crippen LogP contribution is -2.49. The van der Waals surface area contributed by atoms with Crippen LogP contribution in [0.15, 0.2) is 72.3 Å². The van der Waals surface area contributed by atoms with E-state index in [0.29, 0.717) is 19.7 Å². The van der Waals surface area contributed by atoms with Gasteiger partial charge < -0.3 is 14.5 Å². The minimum Gasteiger partial charge on any atom is -0.487 e. The molecule has 4 rings (SSSR count). The third-order valence-corrected chi connectivity index (χ3v) is 7.44. The summed E-state index contributed by atoms with van der Waals surface area (Å²) < 4.78 is 7.98. The van der Waals surface area contributed by atoms with Gasteiger partial charge in [-0.15, -0.1) is 0 Å². The SMILES string of the molecule is Cc1cccc(COc2c(I)cc(/C=C(/C#N)C(=O)N3CCN(c4ccccc4)CC3)cc2I)c1. The number of nitrogens with zero attached hydrogens (tertiary/aromatic N) is 3. The Kier molecular flexibility index (Phi) is 8.68. The van der Waals surface area contributed by atoms with E-state index in [0.717, 1.165) is 42.8 Å². The van der Waals surface area contributed by atoms with Gasteiger partial charge in [0.05, 0.1) is 7.14 Å². The highest BCUT2D eigenvalue weighted by molar-refractivity contribution is 14.1. The van der Waals surface area contributed by atoms with Gasteiger partial charge in [-0.1, -0.05) is 48.0 Å². The Morgan fingerprint density at radius 1 is 1.00 bits per heavy atom. The monoisotopic (exact) mass is 689 g/mol. The van der Waals surface area contributed by atoms with E-state index in [1.807, 2.05) is 42.5 Å². The van der Waals surface area contributed by atoms with Gasteiger partial charge >= 0.3 is 0 Å². The summed E-state index contributed by atoms with van der Waals surface area (Å²) >= 11 is 4.49. The molecule has 1 aliphatic rings. The second-order valence-electron chi connectivity index (χ2n) is 8.38. The minimum atomic E-state index is -0.218. The molecule has 3 aromatic carbocycles. The molecule has 0 aliphatic carbocycles. The number of hydrogen-bond acceptors (Lipinski definition) is 4. The number of anilines is 1. The number of para-hydroxylation sites is 1. The molecule has 178 valence electrons. The van der Waals surface area contributed by atoms with Gasteiger partial charge in [0.1, 0.15) is 24.0 Å². The van der Waals surface area contributed by atoms with Crippen LogP contribution in [0.3, 0.4) is 0 Å². The van der Waals surface area contributed by atoms with Crippen molar-refractivity contribution >= 4 is 62.9 Å². The van der Waals surface area contributed by atoms with Gasteiger partial charge in [0.15, 0.2) is 0 Å². The van der Waals surface area contributed by atoms with Crippen LogP contribution < -0.4 is 9.64 Å². The highest BCUT2D eigenvalue weighted by Gasteiger charge is 2.24. The lowest BCUT2D eigenvalue weighted by molar-refractivity contribution is -0.126. The smallest absolute Gasteiger partial charge is 0.264 e. The second-order valence-corrected chi connectivity index (χ2v) is 10.7. The van der Waals surface area contributed by atoms with E-state index in [1.54, 1.807) is 11.0 Å². The van der Waals surface area contributed by atoms with Crippen molar-refractivity contribution in [3.05, 3.63) is 96.1 Å². The van der Waals surface area contributed by atoms with Crippen molar-refractivity contribution in [2.75, 3.05) is 31.1 Å². The fourth-order valence-electron chi connectivity index (χ4n) is 4.04. The topological polar surface area (TPSA) is 56.6 Å². The number of benzene rings is 3. The van der Waals surface area contributed by atoms with Crippen LogP contribution in [0.25, 0.3) is 6.08 Å². The number of piperazine rings is 1. The first kappa shape index (κ1) is 25.5. The molecular weight excluding hydrogens is 664 g/mol. The molecule has 0 atom stereocenters. The molecule has 1 saturated heterocycles. The Morgan fingerprint density at radius 2 is 1.69 bits per heavy atom. The highest BCUT2D eigenvalue weighted by Crippen LogP contribution is 2.31. The fraction of sp³-hybridized carbons (Fsp3) is 0.214. The Hall–Kier alpha value is -2.58. The van der Waals surface area contributed by atoms with E-state index >= 15 is 0 Å². The summed E-state index contributed by atoms with van der Waals surface area (Å²) in [6.07, 6.45) is 1.68. The summed E-state index contributed by atoms with van der Waals surface area (Å²) in [7, 11) is 0. The first-order valence-corrected chi connectivity index (χ1v) is 13.5. The maximum Gasteiger partial charge on any atom is 0.264 e. The average molecular weight is 689 g/mol. The second kappa shape index (κ2) is 11.9. The highest BCUT2D eigenvalue weighted by atomic mass is 127. The van der Waals surface area contributed by atoms with Crippen LogP contribution in [0.2, 0.25) is 0 Å². The predicted octanol–water partition coefficient (Wildman–Crippen LogP) is 6.04. The Morgan fingerprint density at radius 3 is 2.31 bits per heavy atom. The maximum atomic E-state index is 13.1. The molecule has 0 spiro atoms. The third kappa shape index (κ3) is 6.55. The number of aryl methyl sites for hydroxylation is 1. The van der Waals surface area contributed by atoms with Crippen LogP contribution in [0, 0.1) is 25.4 Å². The molecule has 0 saturated carbocycles. The van der Waals surface area contributed by atoms with Crippen molar-refractivity contribution in [2.24, 2.45) is 0 Å². The molecule has 0 bridgehead atoms. The summed E-state index contributed by atoms with van der Waals surface area (Å²) in [5.41, 5.74) is 4.44. The third-order valence-electron chi connectivity index (χ3n) is 5.84. The largest absolute Gasteiger partial charge is 0.487 e. The fourth-order valence-corrected chi connectivity index (χ4v) is 6.17. The van der Waals surface area contributed by atoms with Crippen molar-refractivity contribution in [2.45, 2.75) is 13.5 Å². The number of ether oxygens (including phenoxy) is 1. The van der Waals surface area contributed by atoms with Crippen molar-refractivity contribution in [3.8, 4) is 11.8 Å². The number of carbonyl (C=O) groups is 1. The van der Waals surface area contributed by atoms with Crippen LogP contribution in [0.4, 0.5) is 5.69 Å². The summed E-state index contributed by atoms with van der Waals surface area (Å²) in [6, 6.07) is 24.5. The van der Waals surface area contributed by atoms with Gasteiger partial charge in [-0.3, -0.25) is 4.79 Å². The van der Waals surface area contributed by atoms with Gasteiger partial charge in [-0.2, -0.15) is 5.26 Å². The number of hydrogen-bond donors (Lipinski definition) is 0. The summed E-state index contributed by atoms with van der Waals surface area (Å²) in [4.78, 5) is 17.1. The molecule has 1 amide bonds. The van der Waals surface area contributed by atoms with E-state index < -0.39 is 0 Å². The van der Waals surface area contributed by atoms with E-state index in [4.69, 9.17) is 4.74 Å². The molecular formula is C28H25I2N3O2. The summed E-state index contributed by atoms with van der Waals surface area (Å²) in [5.74, 6) is 0.594. The molecule has 1 aliphatic heterocycles. The zero-order valence-electron chi connectivity index (χ0n) is 19.4. The zero-order chi connectivity index (χ0) is 24.8. The molecule has 0 aromatic heterocycles. The van der Waals surface area contributed by atoms with Gasteiger partial charge in [0.25, 0.3) is 5.91 Å². The van der Waals surface area contributed by atoms with Crippen molar-refractivity contribution < 1.29 is 9.53 Å². The number of amides is 1. The normalized spacial score (nSPS) is 13.9. The lowest BCUT2D eigenvalue weighted by atomic mass is 10.1. The summed E-state index contributed by atoms with van der Waals surface area (Å²) in [6.45, 7) is 5.23. The molecule has 5 nitrogen and oxygen atoms in total. The first-order valence-electron chi connectivity index (χ1n) is 11.3. The number of nitriles is 1. The Labute approximate surface area is 233 Å². The van der Waals surface area contributed by atoms with Crippen LogP contribution in [-0.4, -0.2) is 37.0 Å². The zero-order valence-corrected chi connectivity index (χ0v) is 23.7. The van der Waals surface area contributed by atoms with Gasteiger partial charge in [0.2, 0.25) is 0 Å². The van der Waals surface area contributed by atoms with Crippen LogP contribution in [0.5, 0.6) is 5.75 Å². The van der Waals surface area contributed by atoms with Crippen LogP contribution in [-0.2, 0) is 11.4 Å². The maximum absolute atomic E-state index is 13.1. The van der Waals surface area contributed by atoms with Gasteiger partial charge in [-0.25, -0.2) is 0 Å². The van der Waals surface area contributed by atoms with Crippen molar-refractivity contribution in [1.29, 1.82) is 5.26 Å². The van der Waals surface area contributed by atoms with E-state index in [9.17, 15) is 10.1 Å². The average Bonchev–Trinajstić information content (AvgIpc) is 2.87. The predicted molar refractivity (Wildman–Crippen MR) is 156 cm³/mol. The molecule has 35 heavy (non-hydrogen) atoms. The molecule has 0 radical (unpaired) electrons. The van der Waals surface area contributed by atoms with E-state index in [-0.39, 0.29) is 11.5 Å². The molecule has 0 N–H and O–H groups in total. The van der Waals surface area contributed by atoms with E-state index in [1.165, 1.54) is 5.56 Å².